The molecule has 0 atom stereocenters. The minimum Gasteiger partial charge on any atom is -0.494 e. The van der Waals surface area contributed by atoms with Crippen molar-refractivity contribution in [2.75, 3.05) is 18.5 Å². The van der Waals surface area contributed by atoms with E-state index in [2.05, 4.69) is 5.32 Å². The van der Waals surface area contributed by atoms with Crippen LogP contribution < -0.4 is 14.8 Å². The van der Waals surface area contributed by atoms with Crippen molar-refractivity contribution in [3.05, 3.63) is 95.7 Å². The first-order chi connectivity index (χ1) is 18.0. The van der Waals surface area contributed by atoms with Crippen LogP contribution in [0.1, 0.15) is 25.0 Å². The number of carbonyl (C=O) groups is 1. The molecule has 0 saturated carbocycles. The Kier molecular flexibility index (Phi) is 8.01. The highest BCUT2D eigenvalue weighted by Gasteiger charge is 2.16. The topological polar surface area (TPSA) is 89.2 Å². The lowest BCUT2D eigenvalue weighted by atomic mass is 10.0. The minimum atomic E-state index is -0.507. The van der Waals surface area contributed by atoms with Crippen LogP contribution in [0.5, 0.6) is 11.5 Å². The van der Waals surface area contributed by atoms with Gasteiger partial charge < -0.3 is 14.8 Å². The summed E-state index contributed by atoms with van der Waals surface area (Å²) in [5.41, 5.74) is 4.51. The van der Waals surface area contributed by atoms with Crippen molar-refractivity contribution in [2.45, 2.75) is 20.8 Å². The Bertz CT molecular complexity index is 1450. The largest absolute Gasteiger partial charge is 0.494 e. The first-order valence-electron chi connectivity index (χ1n) is 12.1. The first kappa shape index (κ1) is 25.3. The van der Waals surface area contributed by atoms with Crippen molar-refractivity contribution < 1.29 is 14.3 Å². The molecule has 4 aromatic rings. The standard InChI is InChI=1S/C30H28N4O3/c1-4-36-27-14-12-25(13-15-27)32-30(35)23(19-31)18-24-20-34(26-9-7-6-8-10-26)33-29(24)22-11-16-28(37-5-2)21(3)17-22/h6-18,20H,4-5H2,1-3H3,(H,32,35). The maximum atomic E-state index is 13.0. The molecule has 0 fully saturated rings. The third kappa shape index (κ3) is 6.06. The molecule has 186 valence electrons. The van der Waals surface area contributed by atoms with Gasteiger partial charge in [0.05, 0.1) is 18.9 Å². The summed E-state index contributed by atoms with van der Waals surface area (Å²) in [4.78, 5) is 13.0. The number of rotatable bonds is 9. The molecule has 1 N–H and O–H groups in total. The summed E-state index contributed by atoms with van der Waals surface area (Å²) in [7, 11) is 0. The van der Waals surface area contributed by atoms with Gasteiger partial charge >= 0.3 is 0 Å². The Balaban J connectivity index is 1.71. The Morgan fingerprint density at radius 2 is 1.76 bits per heavy atom. The van der Waals surface area contributed by atoms with Gasteiger partial charge in [0.15, 0.2) is 0 Å². The lowest BCUT2D eigenvalue weighted by Gasteiger charge is -2.09. The number of amides is 1. The minimum absolute atomic E-state index is 0.0367. The predicted molar refractivity (Wildman–Crippen MR) is 145 cm³/mol. The second-order valence-electron chi connectivity index (χ2n) is 8.21. The molecule has 1 aromatic heterocycles. The van der Waals surface area contributed by atoms with Crippen molar-refractivity contribution in [3.63, 3.8) is 0 Å². The molecular formula is C30H28N4O3. The van der Waals surface area contributed by atoms with Gasteiger partial charge in [0, 0.05) is 23.0 Å². The molecule has 0 aliphatic heterocycles. The number of benzene rings is 3. The van der Waals surface area contributed by atoms with Crippen molar-refractivity contribution >= 4 is 17.7 Å². The average Bonchev–Trinajstić information content (AvgIpc) is 3.34. The van der Waals surface area contributed by atoms with E-state index >= 15 is 0 Å². The number of ether oxygens (including phenoxy) is 2. The van der Waals surface area contributed by atoms with E-state index in [9.17, 15) is 10.1 Å². The zero-order valence-electron chi connectivity index (χ0n) is 21.1. The van der Waals surface area contributed by atoms with Crippen LogP contribution >= 0.6 is 0 Å². The van der Waals surface area contributed by atoms with E-state index in [1.807, 2.05) is 81.6 Å². The molecule has 7 heteroatoms. The molecule has 37 heavy (non-hydrogen) atoms. The Morgan fingerprint density at radius 3 is 2.41 bits per heavy atom. The molecule has 0 spiro atoms. The van der Waals surface area contributed by atoms with E-state index < -0.39 is 5.91 Å². The summed E-state index contributed by atoms with van der Waals surface area (Å²) >= 11 is 0. The summed E-state index contributed by atoms with van der Waals surface area (Å²) in [6.45, 7) is 6.96. The van der Waals surface area contributed by atoms with E-state index in [4.69, 9.17) is 14.6 Å². The Hall–Kier alpha value is -4.83. The number of hydrogen-bond acceptors (Lipinski definition) is 5. The summed E-state index contributed by atoms with van der Waals surface area (Å²) in [5.74, 6) is 1.01. The van der Waals surface area contributed by atoms with Crippen molar-refractivity contribution in [3.8, 4) is 34.5 Å². The first-order valence-corrected chi connectivity index (χ1v) is 12.1. The average molecular weight is 493 g/mol. The molecule has 0 unspecified atom stereocenters. The van der Waals surface area contributed by atoms with Crippen LogP contribution in [0.2, 0.25) is 0 Å². The van der Waals surface area contributed by atoms with Gasteiger partial charge in [-0.3, -0.25) is 4.79 Å². The van der Waals surface area contributed by atoms with Crippen LogP contribution in [0.4, 0.5) is 5.69 Å². The number of anilines is 1. The molecule has 3 aromatic carbocycles. The van der Waals surface area contributed by atoms with Gasteiger partial charge in [0.1, 0.15) is 28.8 Å². The summed E-state index contributed by atoms with van der Waals surface area (Å²) in [6, 6.07) is 24.6. The number of hydrogen-bond donors (Lipinski definition) is 1. The third-order valence-corrected chi connectivity index (χ3v) is 5.60. The van der Waals surface area contributed by atoms with Gasteiger partial charge in [0.2, 0.25) is 0 Å². The van der Waals surface area contributed by atoms with Crippen LogP contribution in [0, 0.1) is 18.3 Å². The third-order valence-electron chi connectivity index (χ3n) is 5.60. The van der Waals surface area contributed by atoms with Crippen LogP contribution in [0.15, 0.2) is 84.6 Å². The van der Waals surface area contributed by atoms with E-state index in [1.54, 1.807) is 35.0 Å². The normalized spacial score (nSPS) is 11.0. The highest BCUT2D eigenvalue weighted by atomic mass is 16.5. The van der Waals surface area contributed by atoms with E-state index in [-0.39, 0.29) is 5.57 Å². The van der Waals surface area contributed by atoms with E-state index in [1.165, 1.54) is 0 Å². The van der Waals surface area contributed by atoms with Crippen molar-refractivity contribution in [2.24, 2.45) is 0 Å². The molecule has 0 radical (unpaired) electrons. The second kappa shape index (κ2) is 11.7. The van der Waals surface area contributed by atoms with Crippen LogP contribution in [0.25, 0.3) is 23.0 Å². The fourth-order valence-electron chi connectivity index (χ4n) is 3.85. The highest BCUT2D eigenvalue weighted by Crippen LogP contribution is 2.30. The SMILES string of the molecule is CCOc1ccc(NC(=O)C(C#N)=Cc2cn(-c3ccccc3)nc2-c2ccc(OCC)c(C)c2)cc1. The summed E-state index contributed by atoms with van der Waals surface area (Å²) in [6.07, 6.45) is 3.38. The monoisotopic (exact) mass is 492 g/mol. The molecule has 0 aliphatic rings. The number of para-hydroxylation sites is 1. The molecule has 1 amide bonds. The number of nitrogens with zero attached hydrogens (tertiary/aromatic N) is 3. The van der Waals surface area contributed by atoms with Crippen molar-refractivity contribution in [1.82, 2.24) is 9.78 Å². The molecule has 0 aliphatic carbocycles. The molecule has 1 heterocycles. The number of nitrogens with one attached hydrogen (secondary N) is 1. The van der Waals surface area contributed by atoms with E-state index in [0.717, 1.165) is 22.6 Å². The number of aromatic nitrogens is 2. The van der Waals surface area contributed by atoms with Gasteiger partial charge in [-0.25, -0.2) is 4.68 Å². The van der Waals surface area contributed by atoms with Crippen LogP contribution in [-0.2, 0) is 4.79 Å². The van der Waals surface area contributed by atoms with Gasteiger partial charge in [0.25, 0.3) is 5.91 Å². The number of carbonyl (C=O) groups excluding carboxylic acids is 1. The highest BCUT2D eigenvalue weighted by molar-refractivity contribution is 6.10. The zero-order valence-corrected chi connectivity index (χ0v) is 21.1. The van der Waals surface area contributed by atoms with Crippen LogP contribution in [-0.4, -0.2) is 28.9 Å². The summed E-state index contributed by atoms with van der Waals surface area (Å²) < 4.78 is 12.9. The molecule has 0 saturated heterocycles. The lowest BCUT2D eigenvalue weighted by Crippen LogP contribution is -2.13. The van der Waals surface area contributed by atoms with E-state index in [0.29, 0.717) is 35.9 Å². The quantitative estimate of drug-likeness (QED) is 0.222. The fraction of sp³-hybridized carbons (Fsp3) is 0.167. The van der Waals surface area contributed by atoms with Crippen molar-refractivity contribution in [1.29, 1.82) is 5.26 Å². The van der Waals surface area contributed by atoms with Gasteiger partial charge in [-0.1, -0.05) is 18.2 Å². The maximum absolute atomic E-state index is 13.0. The lowest BCUT2D eigenvalue weighted by molar-refractivity contribution is -0.112. The summed E-state index contributed by atoms with van der Waals surface area (Å²) in [5, 5.41) is 17.4. The molecule has 4 rings (SSSR count). The van der Waals surface area contributed by atoms with Crippen LogP contribution in [0.3, 0.4) is 0 Å². The molecule has 0 bridgehead atoms. The second-order valence-corrected chi connectivity index (χ2v) is 8.21. The molecule has 7 nitrogen and oxygen atoms in total. The molecular weight excluding hydrogens is 464 g/mol. The fourth-order valence-corrected chi connectivity index (χ4v) is 3.85. The van der Waals surface area contributed by atoms with Gasteiger partial charge in [-0.15, -0.1) is 0 Å². The number of aryl methyl sites for hydroxylation is 1. The smallest absolute Gasteiger partial charge is 0.266 e. The zero-order chi connectivity index (χ0) is 26.2. The van der Waals surface area contributed by atoms with Gasteiger partial charge in [-0.2, -0.15) is 10.4 Å². The Labute approximate surface area is 216 Å². The Morgan fingerprint density at radius 1 is 1.03 bits per heavy atom. The predicted octanol–water partition coefficient (Wildman–Crippen LogP) is 6.19. The number of nitriles is 1. The van der Waals surface area contributed by atoms with Gasteiger partial charge in [-0.05, 0) is 87.0 Å². The maximum Gasteiger partial charge on any atom is 0.266 e.